The van der Waals surface area contributed by atoms with Crippen molar-refractivity contribution in [3.63, 3.8) is 0 Å². The zero-order valence-corrected chi connectivity index (χ0v) is 14.9. The molecule has 3 heteroatoms. The first-order chi connectivity index (χ1) is 12.2. The maximum absolute atomic E-state index is 13.1. The summed E-state index contributed by atoms with van der Waals surface area (Å²) in [5.74, 6) is -0.0169. The van der Waals surface area contributed by atoms with E-state index in [1.54, 1.807) is 0 Å². The summed E-state index contributed by atoms with van der Waals surface area (Å²) in [4.78, 5) is 17.9. The number of hydrogen-bond donors (Lipinski definition) is 0. The largest absolute Gasteiger partial charge is 0.289 e. The van der Waals surface area contributed by atoms with Crippen molar-refractivity contribution >= 4 is 32.6 Å². The van der Waals surface area contributed by atoms with Crippen molar-refractivity contribution in [1.29, 1.82) is 0 Å². The third-order valence-corrected chi connectivity index (χ3v) is 4.60. The number of halogens is 1. The Hall–Kier alpha value is -2.78. The molecule has 0 saturated heterocycles. The lowest BCUT2D eigenvalue weighted by Crippen LogP contribution is -2.05. The number of rotatable bonds is 3. The Bertz CT molecular complexity index is 1060. The van der Waals surface area contributed by atoms with Crippen molar-refractivity contribution < 1.29 is 4.79 Å². The minimum atomic E-state index is -0.0169. The highest BCUT2D eigenvalue weighted by molar-refractivity contribution is 9.10. The molecule has 0 unspecified atom stereocenters. The molecule has 0 aliphatic carbocycles. The summed E-state index contributed by atoms with van der Waals surface area (Å²) in [5, 5.41) is 0.946. The van der Waals surface area contributed by atoms with Gasteiger partial charge in [-0.3, -0.25) is 4.79 Å². The normalized spacial score (nSPS) is 10.8. The second-order valence-corrected chi connectivity index (χ2v) is 6.70. The fraction of sp³-hybridized carbons (Fsp3) is 0. The molecule has 0 bridgehead atoms. The number of carbonyl (C=O) groups is 1. The van der Waals surface area contributed by atoms with Crippen molar-refractivity contribution in [2.24, 2.45) is 0 Å². The van der Waals surface area contributed by atoms with Gasteiger partial charge in [-0.25, -0.2) is 4.98 Å². The highest BCUT2D eigenvalue weighted by Gasteiger charge is 2.17. The zero-order valence-electron chi connectivity index (χ0n) is 13.3. The molecule has 0 radical (unpaired) electrons. The Balaban J connectivity index is 1.98. The van der Waals surface area contributed by atoms with Crippen LogP contribution in [-0.4, -0.2) is 10.8 Å². The van der Waals surface area contributed by atoms with Gasteiger partial charge in [0.25, 0.3) is 0 Å². The zero-order chi connectivity index (χ0) is 17.2. The van der Waals surface area contributed by atoms with Gasteiger partial charge in [-0.15, -0.1) is 0 Å². The molecule has 4 rings (SSSR count). The number of fused-ring (bicyclic) bond motifs is 1. The molecule has 0 saturated carbocycles. The molecule has 0 N–H and O–H groups in total. The average molecular weight is 388 g/mol. The van der Waals surface area contributed by atoms with E-state index in [4.69, 9.17) is 4.98 Å². The molecule has 4 aromatic rings. The molecule has 25 heavy (non-hydrogen) atoms. The van der Waals surface area contributed by atoms with Crippen molar-refractivity contribution in [3.05, 3.63) is 101 Å². The molecule has 0 fully saturated rings. The van der Waals surface area contributed by atoms with Gasteiger partial charge >= 0.3 is 0 Å². The molecule has 0 aliphatic heterocycles. The van der Waals surface area contributed by atoms with Crippen molar-refractivity contribution in [2.75, 3.05) is 0 Å². The Kier molecular flexibility index (Phi) is 4.16. The van der Waals surface area contributed by atoms with Crippen LogP contribution in [0.2, 0.25) is 0 Å². The van der Waals surface area contributed by atoms with E-state index in [2.05, 4.69) is 15.9 Å². The molecular formula is C22H14BrNO. The first-order valence-corrected chi connectivity index (χ1v) is 8.77. The summed E-state index contributed by atoms with van der Waals surface area (Å²) in [6, 6.07) is 27.0. The molecule has 0 atom stereocenters. The van der Waals surface area contributed by atoms with E-state index in [0.29, 0.717) is 16.8 Å². The summed E-state index contributed by atoms with van der Waals surface area (Å²) < 4.78 is 0.966. The summed E-state index contributed by atoms with van der Waals surface area (Å²) in [7, 11) is 0. The topological polar surface area (TPSA) is 30.0 Å². The summed E-state index contributed by atoms with van der Waals surface area (Å²) >= 11 is 3.49. The molecule has 0 aliphatic rings. The predicted octanol–water partition coefficient (Wildman–Crippen LogP) is 5.90. The monoisotopic (exact) mass is 387 g/mol. The molecule has 0 spiro atoms. The van der Waals surface area contributed by atoms with E-state index in [9.17, 15) is 4.79 Å². The van der Waals surface area contributed by atoms with Crippen LogP contribution in [0.3, 0.4) is 0 Å². The second kappa shape index (κ2) is 6.61. The van der Waals surface area contributed by atoms with E-state index in [1.165, 1.54) is 0 Å². The van der Waals surface area contributed by atoms with Crippen molar-refractivity contribution in [3.8, 4) is 11.3 Å². The van der Waals surface area contributed by atoms with Gasteiger partial charge in [-0.2, -0.15) is 0 Å². The number of hydrogen-bond acceptors (Lipinski definition) is 2. The Morgan fingerprint density at radius 3 is 2.20 bits per heavy atom. The smallest absolute Gasteiger partial charge is 0.195 e. The molecule has 1 aromatic heterocycles. The highest BCUT2D eigenvalue weighted by atomic mass is 79.9. The lowest BCUT2D eigenvalue weighted by Gasteiger charge is -2.11. The van der Waals surface area contributed by atoms with Crippen LogP contribution in [0.25, 0.3) is 22.2 Å². The van der Waals surface area contributed by atoms with Gasteiger partial charge in [0.05, 0.1) is 11.2 Å². The molecule has 1 heterocycles. The first-order valence-electron chi connectivity index (χ1n) is 7.98. The maximum atomic E-state index is 13.1. The van der Waals surface area contributed by atoms with E-state index in [0.717, 1.165) is 20.9 Å². The van der Waals surface area contributed by atoms with Crippen LogP contribution in [0.15, 0.2) is 89.4 Å². The third kappa shape index (κ3) is 3.11. The van der Waals surface area contributed by atoms with Crippen LogP contribution in [0.4, 0.5) is 0 Å². The minimum Gasteiger partial charge on any atom is -0.289 e. The van der Waals surface area contributed by atoms with Gasteiger partial charge in [0.15, 0.2) is 5.78 Å². The van der Waals surface area contributed by atoms with Gasteiger partial charge in [0, 0.05) is 26.5 Å². The fourth-order valence-corrected chi connectivity index (χ4v) is 3.22. The van der Waals surface area contributed by atoms with Crippen LogP contribution >= 0.6 is 15.9 Å². The summed E-state index contributed by atoms with van der Waals surface area (Å²) in [6.45, 7) is 0. The van der Waals surface area contributed by atoms with Crippen LogP contribution < -0.4 is 0 Å². The first kappa shape index (κ1) is 15.7. The van der Waals surface area contributed by atoms with Crippen molar-refractivity contribution in [2.45, 2.75) is 0 Å². The van der Waals surface area contributed by atoms with Gasteiger partial charge in [0.1, 0.15) is 0 Å². The quantitative estimate of drug-likeness (QED) is 0.409. The van der Waals surface area contributed by atoms with E-state index < -0.39 is 0 Å². The number of ketones is 1. The molecular weight excluding hydrogens is 374 g/mol. The number of carbonyl (C=O) groups excluding carboxylic acids is 1. The van der Waals surface area contributed by atoms with Gasteiger partial charge in [0.2, 0.25) is 0 Å². The molecule has 120 valence electrons. The van der Waals surface area contributed by atoms with Crippen LogP contribution in [0.1, 0.15) is 15.9 Å². The Morgan fingerprint density at radius 1 is 0.800 bits per heavy atom. The van der Waals surface area contributed by atoms with Crippen LogP contribution in [0.5, 0.6) is 0 Å². The molecule has 2 nitrogen and oxygen atoms in total. The second-order valence-electron chi connectivity index (χ2n) is 5.78. The maximum Gasteiger partial charge on any atom is 0.195 e. The minimum absolute atomic E-state index is 0.0169. The van der Waals surface area contributed by atoms with E-state index in [-0.39, 0.29) is 5.78 Å². The van der Waals surface area contributed by atoms with Crippen LogP contribution in [0, 0.1) is 0 Å². The van der Waals surface area contributed by atoms with Gasteiger partial charge in [-0.1, -0.05) is 82.7 Å². The molecule has 0 amide bonds. The highest BCUT2D eigenvalue weighted by Crippen LogP contribution is 2.29. The van der Waals surface area contributed by atoms with Gasteiger partial charge in [-0.05, 0) is 18.2 Å². The average Bonchev–Trinajstić information content (AvgIpc) is 2.68. The summed E-state index contributed by atoms with van der Waals surface area (Å²) in [5.41, 5.74) is 3.78. The fourth-order valence-electron chi connectivity index (χ4n) is 2.87. The number of aromatic nitrogens is 1. The SMILES string of the molecule is O=C(c1ccccc1)c1cc2ccc(Br)cc2nc1-c1ccccc1. The third-order valence-electron chi connectivity index (χ3n) is 4.11. The molecule has 3 aromatic carbocycles. The lowest BCUT2D eigenvalue weighted by molar-refractivity contribution is 0.103. The van der Waals surface area contributed by atoms with Gasteiger partial charge < -0.3 is 0 Å². The number of pyridine rings is 1. The number of nitrogens with zero attached hydrogens (tertiary/aromatic N) is 1. The Labute approximate surface area is 154 Å². The van der Waals surface area contributed by atoms with Crippen molar-refractivity contribution in [1.82, 2.24) is 4.98 Å². The predicted molar refractivity (Wildman–Crippen MR) is 105 cm³/mol. The Morgan fingerprint density at radius 2 is 1.48 bits per heavy atom. The standard InChI is InChI=1S/C22H14BrNO/c23-18-12-11-17-13-19(22(25)16-9-5-2-6-10-16)21(24-20(17)14-18)15-7-3-1-4-8-15/h1-14H. The van der Waals surface area contributed by atoms with Crippen LogP contribution in [-0.2, 0) is 0 Å². The lowest BCUT2D eigenvalue weighted by atomic mass is 9.96. The van der Waals surface area contributed by atoms with E-state index >= 15 is 0 Å². The summed E-state index contributed by atoms with van der Waals surface area (Å²) in [6.07, 6.45) is 0. The van der Waals surface area contributed by atoms with E-state index in [1.807, 2.05) is 84.9 Å². The number of benzene rings is 3.